The molecule has 0 aliphatic carbocycles. The Balaban J connectivity index is 2.21. The van der Waals surface area contributed by atoms with Crippen molar-refractivity contribution in [2.75, 3.05) is 25.4 Å². The summed E-state index contributed by atoms with van der Waals surface area (Å²) in [6.45, 7) is -0.794. The van der Waals surface area contributed by atoms with E-state index >= 15 is 0 Å². The van der Waals surface area contributed by atoms with Gasteiger partial charge in [-0.15, -0.1) is 0 Å². The van der Waals surface area contributed by atoms with Crippen LogP contribution in [0.4, 0.5) is 0 Å². The molecule has 2 aromatic rings. The van der Waals surface area contributed by atoms with Crippen LogP contribution in [0.1, 0.15) is 11.1 Å². The molecule has 11 heteroatoms. The van der Waals surface area contributed by atoms with Crippen molar-refractivity contribution in [3.63, 3.8) is 0 Å². The van der Waals surface area contributed by atoms with Crippen LogP contribution in [-0.4, -0.2) is 53.9 Å². The first-order valence-electron chi connectivity index (χ1n) is 11.1. The van der Waals surface area contributed by atoms with Gasteiger partial charge in [0.25, 0.3) is 0 Å². The number of nitrogens with one attached hydrogen (secondary N) is 2. The van der Waals surface area contributed by atoms with Crippen LogP contribution in [0.15, 0.2) is 60.7 Å². The summed E-state index contributed by atoms with van der Waals surface area (Å²) < 4.78 is 13.3. The van der Waals surface area contributed by atoms with Gasteiger partial charge in [-0.2, -0.15) is 0 Å². The molecule has 35 heavy (non-hydrogen) atoms. The number of carbonyl (C=O) groups is 4. The highest BCUT2D eigenvalue weighted by molar-refractivity contribution is 7.58. The largest absolute Gasteiger partial charge is 0.368 e. The number of nitrogens with two attached hydrogens (primary N) is 2. The molecule has 0 saturated carbocycles. The zero-order chi connectivity index (χ0) is 25.8. The van der Waals surface area contributed by atoms with Crippen molar-refractivity contribution < 1.29 is 28.6 Å². The van der Waals surface area contributed by atoms with Gasteiger partial charge >= 0.3 is 0 Å². The molecule has 0 bridgehead atoms. The highest BCUT2D eigenvalue weighted by atomic mass is 31.2. The van der Waals surface area contributed by atoms with E-state index in [-0.39, 0.29) is 12.8 Å². The summed E-state index contributed by atoms with van der Waals surface area (Å²) in [4.78, 5) is 58.5. The van der Waals surface area contributed by atoms with Crippen molar-refractivity contribution in [2.24, 2.45) is 23.3 Å². The van der Waals surface area contributed by atoms with Gasteiger partial charge in [0.1, 0.15) is 0 Å². The van der Waals surface area contributed by atoms with Crippen molar-refractivity contribution in [1.82, 2.24) is 10.6 Å². The quantitative estimate of drug-likeness (QED) is 0.230. The minimum atomic E-state index is -4.04. The molecule has 0 aliphatic rings. The normalized spacial score (nSPS) is 14.2. The predicted molar refractivity (Wildman–Crippen MR) is 131 cm³/mol. The summed E-state index contributed by atoms with van der Waals surface area (Å²) >= 11 is 0. The highest BCUT2D eigenvalue weighted by Gasteiger charge is 2.34. The molecule has 2 unspecified atom stereocenters. The van der Waals surface area contributed by atoms with Crippen molar-refractivity contribution >= 4 is 31.0 Å². The van der Waals surface area contributed by atoms with E-state index in [4.69, 9.17) is 11.5 Å². The molecule has 7 N–H and O–H groups in total. The third-order valence-electron chi connectivity index (χ3n) is 5.28. The third-order valence-corrected chi connectivity index (χ3v) is 7.30. The second kappa shape index (κ2) is 13.4. The Kier molecular flexibility index (Phi) is 10.6. The Morgan fingerprint density at radius 2 is 1.06 bits per heavy atom. The van der Waals surface area contributed by atoms with Crippen LogP contribution < -0.4 is 22.1 Å². The first-order chi connectivity index (χ1) is 16.6. The van der Waals surface area contributed by atoms with E-state index in [1.54, 1.807) is 48.5 Å². The summed E-state index contributed by atoms with van der Waals surface area (Å²) in [7, 11) is -4.04. The van der Waals surface area contributed by atoms with Crippen LogP contribution in [-0.2, 0) is 36.6 Å². The minimum Gasteiger partial charge on any atom is -0.368 e. The van der Waals surface area contributed by atoms with Crippen molar-refractivity contribution in [3.05, 3.63) is 71.8 Å². The van der Waals surface area contributed by atoms with Crippen LogP contribution in [0.25, 0.3) is 0 Å². The molecule has 0 spiro atoms. The lowest BCUT2D eigenvalue weighted by Gasteiger charge is -2.24. The SMILES string of the molecule is NC(=O)CNC(=O)C(Cc1ccccc1)CP(=O)(O)CC(Cc1ccccc1)C(=O)NCC(N)=O. The Morgan fingerprint density at radius 1 is 0.714 bits per heavy atom. The predicted octanol–water partition coefficient (Wildman–Crippen LogP) is 0.178. The summed E-state index contributed by atoms with van der Waals surface area (Å²) in [5.74, 6) is -4.51. The first kappa shape index (κ1) is 27.8. The Labute approximate surface area is 203 Å². The fourth-order valence-electron chi connectivity index (χ4n) is 3.68. The molecule has 0 fully saturated rings. The molecular formula is C24H31N4O6P. The van der Waals surface area contributed by atoms with Gasteiger partial charge in [0.2, 0.25) is 31.0 Å². The summed E-state index contributed by atoms with van der Waals surface area (Å²) in [5.41, 5.74) is 11.8. The topological polar surface area (TPSA) is 182 Å². The monoisotopic (exact) mass is 502 g/mol. The van der Waals surface area contributed by atoms with Crippen LogP contribution >= 0.6 is 7.37 Å². The smallest absolute Gasteiger partial charge is 0.236 e. The van der Waals surface area contributed by atoms with Crippen LogP contribution in [0, 0.1) is 11.8 Å². The zero-order valence-electron chi connectivity index (χ0n) is 19.3. The lowest BCUT2D eigenvalue weighted by molar-refractivity contribution is -0.127. The summed E-state index contributed by atoms with van der Waals surface area (Å²) in [6.07, 6.45) is -0.484. The fourth-order valence-corrected chi connectivity index (χ4v) is 5.79. The van der Waals surface area contributed by atoms with Crippen molar-refractivity contribution in [3.8, 4) is 0 Å². The van der Waals surface area contributed by atoms with Gasteiger partial charge in [-0.25, -0.2) is 0 Å². The number of rotatable bonds is 14. The molecule has 10 nitrogen and oxygen atoms in total. The Bertz CT molecular complexity index is 983. The maximum Gasteiger partial charge on any atom is 0.236 e. The Hall–Kier alpha value is -3.49. The number of benzene rings is 2. The minimum absolute atomic E-state index is 0.160. The molecular weight excluding hydrogens is 471 g/mol. The first-order valence-corrected chi connectivity index (χ1v) is 13.1. The fraction of sp³-hybridized carbons (Fsp3) is 0.333. The molecule has 2 aromatic carbocycles. The summed E-state index contributed by atoms with van der Waals surface area (Å²) in [6, 6.07) is 17.9. The number of amides is 4. The maximum absolute atomic E-state index is 13.3. The van der Waals surface area contributed by atoms with Gasteiger partial charge in [-0.05, 0) is 24.0 Å². The van der Waals surface area contributed by atoms with Gasteiger partial charge < -0.3 is 27.0 Å². The van der Waals surface area contributed by atoms with Gasteiger partial charge in [-0.3, -0.25) is 23.7 Å². The lowest BCUT2D eigenvalue weighted by atomic mass is 10.00. The number of primary amides is 2. The molecule has 0 aromatic heterocycles. The number of hydrogen-bond acceptors (Lipinski definition) is 5. The molecule has 4 amide bonds. The van der Waals surface area contributed by atoms with E-state index in [0.717, 1.165) is 11.1 Å². The summed E-state index contributed by atoms with van der Waals surface area (Å²) in [5, 5.41) is 4.79. The molecule has 0 heterocycles. The second-order valence-corrected chi connectivity index (χ2v) is 10.8. The van der Waals surface area contributed by atoms with E-state index in [9.17, 15) is 28.6 Å². The average Bonchev–Trinajstić information content (AvgIpc) is 2.81. The van der Waals surface area contributed by atoms with E-state index < -0.39 is 68.2 Å². The standard InChI is InChI=1S/C24H31N4O6P/c25-21(29)13-27-23(31)19(11-17-7-3-1-4-8-17)15-35(33,34)16-20(24(32)28-14-22(26)30)12-18-9-5-2-6-10-18/h1-10,19-20H,11-16H2,(H2,25,29)(H2,26,30)(H,27,31)(H,28,32)(H,33,34). The van der Waals surface area contributed by atoms with Crippen LogP contribution in [0.2, 0.25) is 0 Å². The molecule has 0 aliphatic heterocycles. The molecule has 2 rings (SSSR count). The van der Waals surface area contributed by atoms with Gasteiger partial charge in [0.15, 0.2) is 0 Å². The van der Waals surface area contributed by atoms with Gasteiger partial charge in [0, 0.05) is 12.3 Å². The number of hydrogen-bond donors (Lipinski definition) is 5. The van der Waals surface area contributed by atoms with Crippen LogP contribution in [0.5, 0.6) is 0 Å². The van der Waals surface area contributed by atoms with E-state index in [0.29, 0.717) is 0 Å². The molecule has 188 valence electrons. The molecule has 2 atom stereocenters. The third kappa shape index (κ3) is 10.5. The molecule has 0 saturated heterocycles. The van der Waals surface area contributed by atoms with Crippen LogP contribution in [0.3, 0.4) is 0 Å². The number of carbonyl (C=O) groups excluding carboxylic acids is 4. The van der Waals surface area contributed by atoms with E-state index in [2.05, 4.69) is 10.6 Å². The molecule has 0 radical (unpaired) electrons. The van der Waals surface area contributed by atoms with Crippen molar-refractivity contribution in [2.45, 2.75) is 12.8 Å². The zero-order valence-corrected chi connectivity index (χ0v) is 20.2. The maximum atomic E-state index is 13.3. The average molecular weight is 503 g/mol. The van der Waals surface area contributed by atoms with Crippen molar-refractivity contribution in [1.29, 1.82) is 0 Å². The lowest BCUT2D eigenvalue weighted by Crippen LogP contribution is -2.40. The van der Waals surface area contributed by atoms with Gasteiger partial charge in [0.05, 0.1) is 24.9 Å². The van der Waals surface area contributed by atoms with E-state index in [1.165, 1.54) is 0 Å². The van der Waals surface area contributed by atoms with E-state index in [1.807, 2.05) is 12.1 Å². The van der Waals surface area contributed by atoms with Gasteiger partial charge in [-0.1, -0.05) is 60.7 Å². The highest BCUT2D eigenvalue weighted by Crippen LogP contribution is 2.45. The second-order valence-electron chi connectivity index (χ2n) is 8.35. The Morgan fingerprint density at radius 3 is 1.37 bits per heavy atom.